The van der Waals surface area contributed by atoms with Crippen molar-refractivity contribution in [3.05, 3.63) is 60.2 Å². The minimum absolute atomic E-state index is 0.597. The van der Waals surface area contributed by atoms with Crippen LogP contribution in [0, 0.1) is 6.92 Å². The number of para-hydroxylation sites is 1. The summed E-state index contributed by atoms with van der Waals surface area (Å²) < 4.78 is 5.79. The first kappa shape index (κ1) is 19.0. The number of aryl methyl sites for hydroxylation is 1. The Labute approximate surface area is 170 Å². The summed E-state index contributed by atoms with van der Waals surface area (Å²) in [5.74, 6) is 1.59. The van der Waals surface area contributed by atoms with E-state index in [-0.39, 0.29) is 0 Å². The molecule has 2 aromatic carbocycles. The van der Waals surface area contributed by atoms with Gasteiger partial charge in [-0.25, -0.2) is 0 Å². The van der Waals surface area contributed by atoms with E-state index in [2.05, 4.69) is 69.4 Å². The van der Waals surface area contributed by atoms with Gasteiger partial charge in [0.25, 0.3) is 5.22 Å². The molecule has 1 aliphatic heterocycles. The van der Waals surface area contributed by atoms with Crippen LogP contribution in [0.4, 0.5) is 5.69 Å². The molecule has 0 spiro atoms. The van der Waals surface area contributed by atoms with Gasteiger partial charge in [-0.05, 0) is 44.2 Å². The Morgan fingerprint density at radius 2 is 1.68 bits per heavy atom. The number of thioether (sulfide) groups is 1. The maximum absolute atomic E-state index is 5.79. The highest BCUT2D eigenvalue weighted by atomic mass is 32.2. The second-order valence-corrected chi connectivity index (χ2v) is 8.15. The van der Waals surface area contributed by atoms with E-state index in [9.17, 15) is 0 Å². The molecule has 0 N–H and O–H groups in total. The highest BCUT2D eigenvalue weighted by Crippen LogP contribution is 2.24. The van der Waals surface area contributed by atoms with Crippen LogP contribution in [-0.4, -0.2) is 53.6 Å². The smallest absolute Gasteiger partial charge is 0.276 e. The molecule has 0 aliphatic carbocycles. The zero-order chi connectivity index (χ0) is 19.2. The fourth-order valence-electron chi connectivity index (χ4n) is 3.40. The van der Waals surface area contributed by atoms with Crippen LogP contribution in [0.5, 0.6) is 0 Å². The maximum Gasteiger partial charge on any atom is 0.276 e. The van der Waals surface area contributed by atoms with Crippen molar-refractivity contribution in [2.45, 2.75) is 18.6 Å². The normalized spacial score (nSPS) is 15.1. The van der Waals surface area contributed by atoms with Gasteiger partial charge in [-0.3, -0.25) is 4.90 Å². The third-order valence-corrected chi connectivity index (χ3v) is 5.95. The average Bonchev–Trinajstić information content (AvgIpc) is 3.22. The lowest BCUT2D eigenvalue weighted by molar-refractivity contribution is 0.259. The van der Waals surface area contributed by atoms with E-state index in [1.807, 2.05) is 12.1 Å². The molecule has 1 saturated heterocycles. The molecule has 6 heteroatoms. The van der Waals surface area contributed by atoms with Gasteiger partial charge < -0.3 is 9.32 Å². The highest BCUT2D eigenvalue weighted by Gasteiger charge is 2.16. The SMILES string of the molecule is Cc1ccc(-c2nnc(SCCCN3CCN(c4ccccc4)CC3)o2)cc1. The van der Waals surface area contributed by atoms with Crippen LogP contribution in [0.3, 0.4) is 0 Å². The quantitative estimate of drug-likeness (QED) is 0.439. The Morgan fingerprint density at radius 3 is 2.43 bits per heavy atom. The summed E-state index contributed by atoms with van der Waals surface area (Å²) in [6, 6.07) is 18.8. The second-order valence-electron chi connectivity index (χ2n) is 7.11. The first-order valence-electron chi connectivity index (χ1n) is 9.84. The van der Waals surface area contributed by atoms with Crippen LogP contribution < -0.4 is 4.90 Å². The Kier molecular flexibility index (Phi) is 6.29. The molecule has 0 unspecified atom stereocenters. The van der Waals surface area contributed by atoms with E-state index in [0.29, 0.717) is 11.1 Å². The predicted molar refractivity (Wildman–Crippen MR) is 115 cm³/mol. The zero-order valence-electron chi connectivity index (χ0n) is 16.3. The van der Waals surface area contributed by atoms with E-state index < -0.39 is 0 Å². The summed E-state index contributed by atoms with van der Waals surface area (Å²) >= 11 is 1.65. The van der Waals surface area contributed by atoms with Gasteiger partial charge in [0.15, 0.2) is 0 Å². The molecule has 0 atom stereocenters. The van der Waals surface area contributed by atoms with E-state index in [4.69, 9.17) is 4.42 Å². The van der Waals surface area contributed by atoms with Gasteiger partial charge >= 0.3 is 0 Å². The van der Waals surface area contributed by atoms with Gasteiger partial charge in [0, 0.05) is 43.2 Å². The molecule has 0 saturated carbocycles. The lowest BCUT2D eigenvalue weighted by atomic mass is 10.1. The van der Waals surface area contributed by atoms with Crippen molar-refractivity contribution in [1.29, 1.82) is 0 Å². The molecular weight excluding hydrogens is 368 g/mol. The lowest BCUT2D eigenvalue weighted by Crippen LogP contribution is -2.46. The van der Waals surface area contributed by atoms with Crippen LogP contribution in [0.15, 0.2) is 64.2 Å². The largest absolute Gasteiger partial charge is 0.411 e. The average molecular weight is 395 g/mol. The van der Waals surface area contributed by atoms with Crippen molar-refractivity contribution in [2.24, 2.45) is 0 Å². The Morgan fingerprint density at radius 1 is 0.929 bits per heavy atom. The molecule has 1 aromatic heterocycles. The molecule has 1 aliphatic rings. The molecule has 1 fully saturated rings. The highest BCUT2D eigenvalue weighted by molar-refractivity contribution is 7.99. The van der Waals surface area contributed by atoms with E-state index in [1.165, 1.54) is 11.3 Å². The molecule has 5 nitrogen and oxygen atoms in total. The predicted octanol–water partition coefficient (Wildman–Crippen LogP) is 4.35. The van der Waals surface area contributed by atoms with Crippen molar-refractivity contribution in [2.75, 3.05) is 43.4 Å². The monoisotopic (exact) mass is 394 g/mol. The Bertz CT molecular complexity index is 858. The zero-order valence-corrected chi connectivity index (χ0v) is 17.1. The first-order valence-corrected chi connectivity index (χ1v) is 10.8. The summed E-state index contributed by atoms with van der Waals surface area (Å²) in [5.41, 5.74) is 3.53. The standard InChI is InChI=1S/C22H26N4OS/c1-18-8-10-19(11-9-18)21-23-24-22(27-21)28-17-5-12-25-13-15-26(16-14-25)20-6-3-2-4-7-20/h2-4,6-11H,5,12-17H2,1H3. The number of aromatic nitrogens is 2. The van der Waals surface area contributed by atoms with Crippen molar-refractivity contribution < 1.29 is 4.42 Å². The third kappa shape index (κ3) is 4.94. The summed E-state index contributed by atoms with van der Waals surface area (Å²) in [7, 11) is 0. The fourth-order valence-corrected chi connectivity index (χ4v) is 4.08. The van der Waals surface area contributed by atoms with Crippen LogP contribution in [0.2, 0.25) is 0 Å². The van der Waals surface area contributed by atoms with E-state index >= 15 is 0 Å². The van der Waals surface area contributed by atoms with Gasteiger partial charge in [-0.15, -0.1) is 10.2 Å². The number of rotatable bonds is 7. The second kappa shape index (κ2) is 9.26. The topological polar surface area (TPSA) is 45.4 Å². The summed E-state index contributed by atoms with van der Waals surface area (Å²) in [6.45, 7) is 7.63. The Hall–Kier alpha value is -2.31. The van der Waals surface area contributed by atoms with Gasteiger partial charge in [-0.2, -0.15) is 0 Å². The summed E-state index contributed by atoms with van der Waals surface area (Å²) in [6.07, 6.45) is 1.12. The van der Waals surface area contributed by atoms with Crippen LogP contribution >= 0.6 is 11.8 Å². The molecule has 0 amide bonds. The third-order valence-electron chi connectivity index (χ3n) is 5.04. The molecule has 0 radical (unpaired) electrons. The van der Waals surface area contributed by atoms with Crippen LogP contribution in [0.25, 0.3) is 11.5 Å². The van der Waals surface area contributed by atoms with Crippen molar-refractivity contribution >= 4 is 17.4 Å². The number of piperazine rings is 1. The number of benzene rings is 2. The lowest BCUT2D eigenvalue weighted by Gasteiger charge is -2.36. The number of hydrogen-bond acceptors (Lipinski definition) is 6. The number of nitrogens with zero attached hydrogens (tertiary/aromatic N) is 4. The molecule has 146 valence electrons. The summed E-state index contributed by atoms with van der Waals surface area (Å²) in [4.78, 5) is 5.02. The number of anilines is 1. The molecule has 4 rings (SSSR count). The Balaban J connectivity index is 1.17. The first-order chi connectivity index (χ1) is 13.8. The van der Waals surface area contributed by atoms with Crippen LogP contribution in [-0.2, 0) is 0 Å². The molecular formula is C22H26N4OS. The minimum atomic E-state index is 0.597. The number of hydrogen-bond donors (Lipinski definition) is 0. The molecule has 2 heterocycles. The molecule has 3 aromatic rings. The van der Waals surface area contributed by atoms with Gasteiger partial charge in [0.2, 0.25) is 5.89 Å². The van der Waals surface area contributed by atoms with Crippen molar-refractivity contribution in [3.63, 3.8) is 0 Å². The minimum Gasteiger partial charge on any atom is -0.411 e. The summed E-state index contributed by atoms with van der Waals surface area (Å²) in [5, 5.41) is 8.99. The van der Waals surface area contributed by atoms with Crippen LogP contribution in [0.1, 0.15) is 12.0 Å². The van der Waals surface area contributed by atoms with Crippen molar-refractivity contribution in [1.82, 2.24) is 15.1 Å². The van der Waals surface area contributed by atoms with E-state index in [0.717, 1.165) is 50.5 Å². The molecule has 28 heavy (non-hydrogen) atoms. The van der Waals surface area contributed by atoms with Gasteiger partial charge in [0.1, 0.15) is 0 Å². The van der Waals surface area contributed by atoms with Crippen molar-refractivity contribution in [3.8, 4) is 11.5 Å². The maximum atomic E-state index is 5.79. The fraction of sp³-hybridized carbons (Fsp3) is 0.364. The van der Waals surface area contributed by atoms with Gasteiger partial charge in [-0.1, -0.05) is 47.7 Å². The van der Waals surface area contributed by atoms with E-state index in [1.54, 1.807) is 11.8 Å². The molecule has 0 bridgehead atoms. The van der Waals surface area contributed by atoms with Gasteiger partial charge in [0.05, 0.1) is 0 Å².